The molecular weight excluding hydrogens is 249 g/mol. The molecule has 0 saturated heterocycles. The molecule has 1 atom stereocenters. The van der Waals surface area contributed by atoms with Crippen LogP contribution < -0.4 is 10.5 Å². The second-order valence-corrected chi connectivity index (χ2v) is 3.80. The molecule has 3 N–H and O–H groups in total. The normalized spacial score (nSPS) is 13.5. The van der Waals surface area contributed by atoms with Crippen molar-refractivity contribution in [2.24, 2.45) is 5.73 Å². The van der Waals surface area contributed by atoms with Crippen molar-refractivity contribution in [2.75, 3.05) is 13.7 Å². The lowest BCUT2D eigenvalue weighted by Crippen LogP contribution is -2.15. The minimum atomic E-state index is -4.56. The average Bonchev–Trinajstić information content (AvgIpc) is 2.27. The van der Waals surface area contributed by atoms with Crippen molar-refractivity contribution in [1.82, 2.24) is 4.98 Å². The third-order valence-corrected chi connectivity index (χ3v) is 2.41. The molecule has 1 rings (SSSR count). The third-order valence-electron chi connectivity index (χ3n) is 2.41. The smallest absolute Gasteiger partial charge is 0.421 e. The predicted octanol–water partition coefficient (Wildman–Crippen LogP) is 1.66. The van der Waals surface area contributed by atoms with Crippen LogP contribution in [0, 0.1) is 0 Å². The molecule has 0 aromatic carbocycles. The van der Waals surface area contributed by atoms with Crippen LogP contribution in [0.15, 0.2) is 6.07 Å². The molecule has 0 aliphatic heterocycles. The summed E-state index contributed by atoms with van der Waals surface area (Å²) in [7, 11) is 1.10. The lowest BCUT2D eigenvalue weighted by molar-refractivity contribution is -0.139. The van der Waals surface area contributed by atoms with Crippen LogP contribution in [0.4, 0.5) is 13.2 Å². The zero-order chi connectivity index (χ0) is 13.9. The summed E-state index contributed by atoms with van der Waals surface area (Å²) in [5, 5.41) is 9.50. The van der Waals surface area contributed by atoms with E-state index < -0.39 is 23.7 Å². The van der Waals surface area contributed by atoms with Gasteiger partial charge in [-0.15, -0.1) is 0 Å². The molecule has 0 bridgehead atoms. The van der Waals surface area contributed by atoms with Crippen LogP contribution in [0.5, 0.6) is 5.88 Å². The van der Waals surface area contributed by atoms with Crippen LogP contribution >= 0.6 is 0 Å². The van der Waals surface area contributed by atoms with E-state index in [9.17, 15) is 18.3 Å². The van der Waals surface area contributed by atoms with Gasteiger partial charge >= 0.3 is 6.18 Å². The van der Waals surface area contributed by atoms with E-state index >= 15 is 0 Å². The van der Waals surface area contributed by atoms with Gasteiger partial charge in [0.2, 0.25) is 5.88 Å². The number of methoxy groups -OCH3 is 1. The molecule has 1 heterocycles. The van der Waals surface area contributed by atoms with E-state index in [1.807, 2.05) is 0 Å². The largest absolute Gasteiger partial charge is 0.481 e. The van der Waals surface area contributed by atoms with Crippen molar-refractivity contribution in [3.8, 4) is 5.88 Å². The van der Waals surface area contributed by atoms with E-state index in [0.29, 0.717) is 0 Å². The van der Waals surface area contributed by atoms with Crippen molar-refractivity contribution in [3.63, 3.8) is 0 Å². The van der Waals surface area contributed by atoms with Crippen LogP contribution in [0.3, 0.4) is 0 Å². The van der Waals surface area contributed by atoms with Crippen molar-refractivity contribution in [2.45, 2.75) is 25.6 Å². The molecule has 0 saturated carbocycles. The Morgan fingerprint density at radius 3 is 2.50 bits per heavy atom. The number of aliphatic hydroxyl groups excluding tert-OH is 1. The molecule has 1 aromatic rings. The van der Waals surface area contributed by atoms with E-state index in [0.717, 1.165) is 13.2 Å². The highest BCUT2D eigenvalue weighted by Gasteiger charge is 2.36. The van der Waals surface area contributed by atoms with Gasteiger partial charge in [-0.1, -0.05) is 0 Å². The third kappa shape index (κ3) is 3.11. The van der Waals surface area contributed by atoms with Crippen molar-refractivity contribution >= 4 is 0 Å². The minimum Gasteiger partial charge on any atom is -0.481 e. The van der Waals surface area contributed by atoms with Crippen molar-refractivity contribution in [3.05, 3.63) is 22.9 Å². The fraction of sp³-hybridized carbons (Fsp3) is 0.545. The first-order valence-corrected chi connectivity index (χ1v) is 5.34. The number of rotatable bonds is 4. The number of aromatic nitrogens is 1. The first-order chi connectivity index (χ1) is 8.31. The van der Waals surface area contributed by atoms with E-state index in [4.69, 9.17) is 5.73 Å². The second kappa shape index (κ2) is 5.53. The number of alkyl halides is 3. The Morgan fingerprint density at radius 1 is 1.50 bits per heavy atom. The van der Waals surface area contributed by atoms with Crippen molar-refractivity contribution < 1.29 is 23.0 Å². The quantitative estimate of drug-likeness (QED) is 0.868. The summed E-state index contributed by atoms with van der Waals surface area (Å²) in [6.07, 6.45) is -5.33. The molecule has 7 heteroatoms. The van der Waals surface area contributed by atoms with E-state index in [2.05, 4.69) is 9.72 Å². The lowest BCUT2D eigenvalue weighted by Gasteiger charge is -2.17. The first kappa shape index (κ1) is 14.7. The summed E-state index contributed by atoms with van der Waals surface area (Å²) in [5.74, 6) is -0.542. The molecule has 0 radical (unpaired) electrons. The SMILES string of the molecule is COc1nc([C@@H](C)O)c(CCN)cc1C(F)(F)F. The van der Waals surface area contributed by atoms with Gasteiger partial charge in [-0.3, -0.25) is 0 Å². The standard InChI is InChI=1S/C11H15F3N2O2/c1-6(17)9-7(3-4-15)5-8(11(12,13)14)10(16-9)18-2/h5-6,17H,3-4,15H2,1-2H3/t6-/m1/s1. The Morgan fingerprint density at radius 2 is 2.11 bits per heavy atom. The number of halogens is 3. The summed E-state index contributed by atoms with van der Waals surface area (Å²) < 4.78 is 42.9. The number of aliphatic hydroxyl groups is 1. The molecule has 0 spiro atoms. The fourth-order valence-electron chi connectivity index (χ4n) is 1.63. The van der Waals surface area contributed by atoms with Crippen molar-refractivity contribution in [1.29, 1.82) is 0 Å². The van der Waals surface area contributed by atoms with Gasteiger partial charge in [-0.05, 0) is 31.5 Å². The number of nitrogens with two attached hydrogens (primary N) is 1. The highest BCUT2D eigenvalue weighted by Crippen LogP contribution is 2.37. The average molecular weight is 264 g/mol. The minimum absolute atomic E-state index is 0.158. The molecule has 0 aliphatic carbocycles. The molecule has 18 heavy (non-hydrogen) atoms. The van der Waals surface area contributed by atoms with Crippen LogP contribution in [-0.2, 0) is 12.6 Å². The summed E-state index contributed by atoms with van der Waals surface area (Å²) in [6, 6.07) is 0.931. The summed E-state index contributed by atoms with van der Waals surface area (Å²) in [6.45, 7) is 1.60. The molecule has 0 unspecified atom stereocenters. The first-order valence-electron chi connectivity index (χ1n) is 5.34. The van der Waals surface area contributed by atoms with E-state index in [1.165, 1.54) is 6.92 Å². The van der Waals surface area contributed by atoms with Gasteiger partial charge < -0.3 is 15.6 Å². The highest BCUT2D eigenvalue weighted by molar-refractivity contribution is 5.37. The van der Waals surface area contributed by atoms with Crippen LogP contribution in [-0.4, -0.2) is 23.7 Å². The Bertz CT molecular complexity index is 419. The highest BCUT2D eigenvalue weighted by atomic mass is 19.4. The van der Waals surface area contributed by atoms with Gasteiger partial charge in [0.05, 0.1) is 18.9 Å². The topological polar surface area (TPSA) is 68.4 Å². The van der Waals surface area contributed by atoms with Gasteiger partial charge in [-0.2, -0.15) is 13.2 Å². The van der Waals surface area contributed by atoms with Crippen LogP contribution in [0.2, 0.25) is 0 Å². The van der Waals surface area contributed by atoms with Crippen LogP contribution in [0.25, 0.3) is 0 Å². The summed E-state index contributed by atoms with van der Waals surface area (Å²) >= 11 is 0. The monoisotopic (exact) mass is 264 g/mol. The zero-order valence-electron chi connectivity index (χ0n) is 10.1. The van der Waals surface area contributed by atoms with Gasteiger partial charge in [0.15, 0.2) is 0 Å². The Hall–Kier alpha value is -1.34. The molecule has 0 aliphatic rings. The number of hydrogen-bond acceptors (Lipinski definition) is 4. The lowest BCUT2D eigenvalue weighted by atomic mass is 10.0. The fourth-order valence-corrected chi connectivity index (χ4v) is 1.63. The molecule has 102 valence electrons. The van der Waals surface area contributed by atoms with Gasteiger partial charge in [0.25, 0.3) is 0 Å². The Kier molecular flexibility index (Phi) is 4.53. The molecule has 1 aromatic heterocycles. The van der Waals surface area contributed by atoms with E-state index in [-0.39, 0.29) is 24.2 Å². The van der Waals surface area contributed by atoms with E-state index in [1.54, 1.807) is 0 Å². The maximum atomic E-state index is 12.8. The maximum Gasteiger partial charge on any atom is 0.421 e. The Balaban J connectivity index is 3.41. The number of pyridine rings is 1. The number of ether oxygens (including phenoxy) is 1. The molecule has 0 fully saturated rings. The van der Waals surface area contributed by atoms with Gasteiger partial charge in [0.1, 0.15) is 5.56 Å². The van der Waals surface area contributed by atoms with Gasteiger partial charge in [0, 0.05) is 0 Å². The molecule has 0 amide bonds. The maximum absolute atomic E-state index is 12.8. The molecular formula is C11H15F3N2O2. The summed E-state index contributed by atoms with van der Waals surface area (Å²) in [4.78, 5) is 3.73. The predicted molar refractivity (Wildman–Crippen MR) is 59.2 cm³/mol. The number of nitrogens with zero attached hydrogens (tertiary/aromatic N) is 1. The Labute approximate surface area is 103 Å². The molecule has 4 nitrogen and oxygen atoms in total. The van der Waals surface area contributed by atoms with Gasteiger partial charge in [-0.25, -0.2) is 4.98 Å². The zero-order valence-corrected chi connectivity index (χ0v) is 10.1. The van der Waals surface area contributed by atoms with Crippen LogP contribution in [0.1, 0.15) is 29.8 Å². The summed E-state index contributed by atoms with van der Waals surface area (Å²) in [5.41, 5.74) is 4.81. The number of hydrogen-bond donors (Lipinski definition) is 2. The second-order valence-electron chi connectivity index (χ2n) is 3.80.